The lowest BCUT2D eigenvalue weighted by molar-refractivity contribution is 0.283. The van der Waals surface area contributed by atoms with Gasteiger partial charge in [0.2, 0.25) is 0 Å². The number of hydrogen-bond acceptors (Lipinski definition) is 4. The predicted molar refractivity (Wildman–Crippen MR) is 67.6 cm³/mol. The van der Waals surface area contributed by atoms with Crippen molar-refractivity contribution in [2.24, 2.45) is 0 Å². The minimum atomic E-state index is 0.261. The first-order valence-electron chi connectivity index (χ1n) is 5.92. The molecule has 1 aromatic heterocycles. The van der Waals surface area contributed by atoms with Gasteiger partial charge in [-0.1, -0.05) is 12.1 Å². The fourth-order valence-corrected chi connectivity index (χ4v) is 1.66. The van der Waals surface area contributed by atoms with E-state index < -0.39 is 0 Å². The Hall–Kier alpha value is -1.52. The van der Waals surface area contributed by atoms with Crippen molar-refractivity contribution in [1.29, 1.82) is 0 Å². The van der Waals surface area contributed by atoms with Crippen LogP contribution in [0.1, 0.15) is 18.5 Å². The number of unbranched alkanes of at least 4 members (excludes halogenated alkanes) is 1. The molecule has 2 N–H and O–H groups in total. The molecule has 2 aromatic rings. The van der Waals surface area contributed by atoms with Crippen LogP contribution in [0.3, 0.4) is 0 Å². The summed E-state index contributed by atoms with van der Waals surface area (Å²) in [4.78, 5) is 8.87. The molecule has 4 heteroatoms. The summed E-state index contributed by atoms with van der Waals surface area (Å²) in [6, 6.07) is 7.86. The number of aromatic nitrogens is 2. The molecule has 0 atom stereocenters. The fourth-order valence-electron chi connectivity index (χ4n) is 1.66. The van der Waals surface area contributed by atoms with Gasteiger partial charge in [0.25, 0.3) is 0 Å². The van der Waals surface area contributed by atoms with Crippen molar-refractivity contribution in [3.8, 4) is 0 Å². The van der Waals surface area contributed by atoms with Crippen LogP contribution in [0.15, 0.2) is 30.5 Å². The number of nitrogens with one attached hydrogen (secondary N) is 1. The summed E-state index contributed by atoms with van der Waals surface area (Å²) in [6.45, 7) is 1.88. The van der Waals surface area contributed by atoms with E-state index in [0.717, 1.165) is 42.7 Å². The lowest BCUT2D eigenvalue weighted by atomic mass is 10.3. The molecule has 0 fully saturated rings. The van der Waals surface area contributed by atoms with Crippen LogP contribution < -0.4 is 5.32 Å². The van der Waals surface area contributed by atoms with E-state index in [2.05, 4.69) is 15.3 Å². The quantitative estimate of drug-likeness (QED) is 0.740. The van der Waals surface area contributed by atoms with Crippen LogP contribution in [0, 0.1) is 0 Å². The third-order valence-corrected chi connectivity index (χ3v) is 2.57. The van der Waals surface area contributed by atoms with E-state index in [4.69, 9.17) is 5.11 Å². The zero-order valence-corrected chi connectivity index (χ0v) is 9.76. The first kappa shape index (κ1) is 12.0. The third-order valence-electron chi connectivity index (χ3n) is 2.57. The van der Waals surface area contributed by atoms with Gasteiger partial charge in [0.05, 0.1) is 22.9 Å². The van der Waals surface area contributed by atoms with Gasteiger partial charge < -0.3 is 10.4 Å². The molecule has 0 aliphatic carbocycles. The summed E-state index contributed by atoms with van der Waals surface area (Å²) in [5, 5.41) is 11.9. The highest BCUT2D eigenvalue weighted by molar-refractivity contribution is 5.73. The molecule has 0 aliphatic heterocycles. The molecule has 0 aliphatic rings. The molecular weight excluding hydrogens is 214 g/mol. The van der Waals surface area contributed by atoms with E-state index >= 15 is 0 Å². The second-order valence-corrected chi connectivity index (χ2v) is 3.96. The lowest BCUT2D eigenvalue weighted by Gasteiger charge is -2.04. The summed E-state index contributed by atoms with van der Waals surface area (Å²) in [5.74, 6) is 0. The Bertz CT molecular complexity index is 473. The smallest absolute Gasteiger partial charge is 0.0890 e. The van der Waals surface area contributed by atoms with Crippen molar-refractivity contribution in [2.45, 2.75) is 19.4 Å². The molecule has 2 rings (SSSR count). The SMILES string of the molecule is OCCCCNCc1cnc2ccccc2n1. The first-order chi connectivity index (χ1) is 8.40. The summed E-state index contributed by atoms with van der Waals surface area (Å²) in [5.41, 5.74) is 2.81. The molecule has 1 aromatic carbocycles. The Morgan fingerprint density at radius 1 is 1.12 bits per heavy atom. The predicted octanol–water partition coefficient (Wildman–Crippen LogP) is 1.49. The lowest BCUT2D eigenvalue weighted by Crippen LogP contribution is -2.16. The molecular formula is C13H17N3O. The van der Waals surface area contributed by atoms with Crippen LogP contribution in [-0.2, 0) is 6.54 Å². The summed E-state index contributed by atoms with van der Waals surface area (Å²) >= 11 is 0. The molecule has 17 heavy (non-hydrogen) atoms. The molecule has 4 nitrogen and oxygen atoms in total. The highest BCUT2D eigenvalue weighted by atomic mass is 16.2. The molecule has 0 radical (unpaired) electrons. The second-order valence-electron chi connectivity index (χ2n) is 3.96. The van der Waals surface area contributed by atoms with Crippen LogP contribution in [0.25, 0.3) is 11.0 Å². The van der Waals surface area contributed by atoms with Gasteiger partial charge in [0.15, 0.2) is 0 Å². The number of para-hydroxylation sites is 2. The monoisotopic (exact) mass is 231 g/mol. The zero-order chi connectivity index (χ0) is 11.9. The van der Waals surface area contributed by atoms with Crippen molar-refractivity contribution >= 4 is 11.0 Å². The summed E-state index contributed by atoms with van der Waals surface area (Å²) in [6.07, 6.45) is 3.63. The standard InChI is InChI=1S/C13H17N3O/c17-8-4-3-7-14-9-11-10-15-12-5-1-2-6-13(12)16-11/h1-2,5-6,10,14,17H,3-4,7-9H2. The Balaban J connectivity index is 1.90. The average molecular weight is 231 g/mol. The minimum Gasteiger partial charge on any atom is -0.396 e. The molecule has 1 heterocycles. The van der Waals surface area contributed by atoms with Gasteiger partial charge in [-0.25, -0.2) is 4.98 Å². The molecule has 0 amide bonds. The minimum absolute atomic E-state index is 0.261. The number of hydrogen-bond donors (Lipinski definition) is 2. The summed E-state index contributed by atoms with van der Waals surface area (Å²) < 4.78 is 0. The summed E-state index contributed by atoms with van der Waals surface area (Å²) in [7, 11) is 0. The van der Waals surface area contributed by atoms with Gasteiger partial charge in [-0.05, 0) is 31.5 Å². The number of fused-ring (bicyclic) bond motifs is 1. The first-order valence-corrected chi connectivity index (χ1v) is 5.92. The van der Waals surface area contributed by atoms with Crippen molar-refractivity contribution < 1.29 is 5.11 Å². The largest absolute Gasteiger partial charge is 0.396 e. The average Bonchev–Trinajstić information content (AvgIpc) is 2.38. The van der Waals surface area contributed by atoms with Crippen LogP contribution in [0.4, 0.5) is 0 Å². The van der Waals surface area contributed by atoms with Crippen LogP contribution >= 0.6 is 0 Å². The maximum atomic E-state index is 8.65. The molecule has 0 saturated heterocycles. The number of nitrogens with zero attached hydrogens (tertiary/aromatic N) is 2. The molecule has 0 saturated carbocycles. The highest BCUT2D eigenvalue weighted by Crippen LogP contribution is 2.08. The van der Waals surface area contributed by atoms with Crippen molar-refractivity contribution in [3.05, 3.63) is 36.2 Å². The van der Waals surface area contributed by atoms with E-state index in [9.17, 15) is 0 Å². The van der Waals surface area contributed by atoms with E-state index in [1.807, 2.05) is 24.3 Å². The van der Waals surface area contributed by atoms with E-state index in [-0.39, 0.29) is 6.61 Å². The molecule has 0 bridgehead atoms. The van der Waals surface area contributed by atoms with Crippen LogP contribution in [0.2, 0.25) is 0 Å². The number of benzene rings is 1. The maximum absolute atomic E-state index is 8.65. The van der Waals surface area contributed by atoms with Gasteiger partial charge in [0, 0.05) is 13.2 Å². The molecule has 0 spiro atoms. The van der Waals surface area contributed by atoms with Gasteiger partial charge in [0.1, 0.15) is 0 Å². The maximum Gasteiger partial charge on any atom is 0.0890 e. The third kappa shape index (κ3) is 3.47. The second kappa shape index (κ2) is 6.27. The molecule has 0 unspecified atom stereocenters. The Labute approximate surface area is 101 Å². The normalized spacial score (nSPS) is 10.9. The molecule has 90 valence electrons. The van der Waals surface area contributed by atoms with Crippen molar-refractivity contribution in [3.63, 3.8) is 0 Å². The van der Waals surface area contributed by atoms with Gasteiger partial charge >= 0.3 is 0 Å². The zero-order valence-electron chi connectivity index (χ0n) is 9.76. The Kier molecular flexibility index (Phi) is 4.41. The van der Waals surface area contributed by atoms with Gasteiger partial charge in [-0.15, -0.1) is 0 Å². The topological polar surface area (TPSA) is 58.0 Å². The van der Waals surface area contributed by atoms with E-state index in [1.54, 1.807) is 6.20 Å². The van der Waals surface area contributed by atoms with Gasteiger partial charge in [-0.3, -0.25) is 4.98 Å². The number of rotatable bonds is 6. The Morgan fingerprint density at radius 2 is 1.94 bits per heavy atom. The van der Waals surface area contributed by atoms with Crippen molar-refractivity contribution in [1.82, 2.24) is 15.3 Å². The number of aliphatic hydroxyl groups is 1. The fraction of sp³-hybridized carbons (Fsp3) is 0.385. The van der Waals surface area contributed by atoms with Crippen LogP contribution in [0.5, 0.6) is 0 Å². The Morgan fingerprint density at radius 3 is 2.76 bits per heavy atom. The van der Waals surface area contributed by atoms with E-state index in [0.29, 0.717) is 0 Å². The number of aliphatic hydroxyl groups excluding tert-OH is 1. The van der Waals surface area contributed by atoms with Gasteiger partial charge in [-0.2, -0.15) is 0 Å². The van der Waals surface area contributed by atoms with E-state index in [1.165, 1.54) is 0 Å². The van der Waals surface area contributed by atoms with Crippen LogP contribution in [-0.4, -0.2) is 28.2 Å². The highest BCUT2D eigenvalue weighted by Gasteiger charge is 1.98. The van der Waals surface area contributed by atoms with Crippen molar-refractivity contribution in [2.75, 3.05) is 13.2 Å².